The van der Waals surface area contributed by atoms with Crippen LogP contribution in [0.1, 0.15) is 19.8 Å². The molecule has 1 aromatic rings. The van der Waals surface area contributed by atoms with Gasteiger partial charge in [-0.25, -0.2) is 4.79 Å². The monoisotopic (exact) mass is 303 g/mol. The lowest BCUT2D eigenvalue weighted by atomic mass is 10.1. The smallest absolute Gasteiger partial charge is 0.415 e. The maximum absolute atomic E-state index is 12.1. The zero-order valence-corrected chi connectivity index (χ0v) is 12.7. The van der Waals surface area contributed by atoms with Crippen molar-refractivity contribution >= 4 is 12.1 Å². The summed E-state index contributed by atoms with van der Waals surface area (Å²) in [6.07, 6.45) is 4.69. The molecule has 0 fully saturated rings. The van der Waals surface area contributed by atoms with E-state index in [9.17, 15) is 9.59 Å². The van der Waals surface area contributed by atoms with E-state index < -0.39 is 0 Å². The van der Waals surface area contributed by atoms with Crippen molar-refractivity contribution in [1.29, 1.82) is 0 Å². The number of carbonyl (C=O) groups excluding carboxylic acids is 2. The van der Waals surface area contributed by atoms with Crippen molar-refractivity contribution < 1.29 is 19.1 Å². The second-order valence-electron chi connectivity index (χ2n) is 5.21. The van der Waals surface area contributed by atoms with E-state index in [0.717, 1.165) is 6.42 Å². The number of nitrogens with zero attached hydrogens (tertiary/aromatic N) is 1. The van der Waals surface area contributed by atoms with Crippen LogP contribution in [0.5, 0.6) is 5.75 Å². The molecule has 1 aliphatic heterocycles. The van der Waals surface area contributed by atoms with Crippen LogP contribution in [0.4, 0.5) is 4.79 Å². The van der Waals surface area contributed by atoms with E-state index in [1.165, 1.54) is 0 Å². The molecular weight excluding hydrogens is 282 g/mol. The molecule has 0 saturated heterocycles. The van der Waals surface area contributed by atoms with Crippen molar-refractivity contribution in [3.63, 3.8) is 0 Å². The van der Waals surface area contributed by atoms with Gasteiger partial charge in [0.15, 0.2) is 0 Å². The van der Waals surface area contributed by atoms with Crippen LogP contribution in [0.15, 0.2) is 42.5 Å². The van der Waals surface area contributed by atoms with Gasteiger partial charge in [0.25, 0.3) is 0 Å². The van der Waals surface area contributed by atoms with E-state index in [-0.39, 0.29) is 18.0 Å². The van der Waals surface area contributed by atoms with E-state index in [2.05, 4.69) is 0 Å². The van der Waals surface area contributed by atoms with E-state index in [0.29, 0.717) is 31.9 Å². The topological polar surface area (TPSA) is 55.8 Å². The van der Waals surface area contributed by atoms with Gasteiger partial charge < -0.3 is 14.4 Å². The second kappa shape index (κ2) is 8.22. The van der Waals surface area contributed by atoms with Gasteiger partial charge in [-0.15, -0.1) is 0 Å². The maximum atomic E-state index is 12.1. The van der Waals surface area contributed by atoms with Crippen molar-refractivity contribution in [1.82, 2.24) is 4.90 Å². The summed E-state index contributed by atoms with van der Waals surface area (Å²) in [5.74, 6) is 0.339. The third kappa shape index (κ3) is 4.91. The minimum atomic E-state index is -0.388. The molecule has 2 rings (SSSR count). The highest BCUT2D eigenvalue weighted by Gasteiger charge is 2.22. The summed E-state index contributed by atoms with van der Waals surface area (Å²) < 4.78 is 10.5. The molecule has 0 N–H and O–H groups in total. The van der Waals surface area contributed by atoms with Gasteiger partial charge in [0.2, 0.25) is 0 Å². The minimum Gasteiger partial charge on any atom is -0.465 e. The summed E-state index contributed by atoms with van der Waals surface area (Å²) >= 11 is 0. The number of hydrogen-bond acceptors (Lipinski definition) is 4. The van der Waals surface area contributed by atoms with Crippen molar-refractivity contribution in [3.8, 4) is 5.75 Å². The number of para-hydroxylation sites is 1. The Morgan fingerprint density at radius 3 is 2.77 bits per heavy atom. The van der Waals surface area contributed by atoms with Crippen LogP contribution in [-0.2, 0) is 9.53 Å². The number of carbonyl (C=O) groups is 2. The number of rotatable bonds is 5. The lowest BCUT2D eigenvalue weighted by Gasteiger charge is -2.27. The summed E-state index contributed by atoms with van der Waals surface area (Å²) in [6, 6.07) is 8.97. The molecule has 1 aromatic carbocycles. The normalized spacial score (nSPS) is 17.1. The molecule has 5 heteroatoms. The van der Waals surface area contributed by atoms with Crippen molar-refractivity contribution in [2.75, 3.05) is 19.7 Å². The highest BCUT2D eigenvalue weighted by Crippen LogP contribution is 2.15. The lowest BCUT2D eigenvalue weighted by molar-refractivity contribution is -0.144. The Bertz CT molecular complexity index is 527. The van der Waals surface area contributed by atoms with Gasteiger partial charge in [-0.1, -0.05) is 37.3 Å². The fourth-order valence-electron chi connectivity index (χ4n) is 2.19. The molecule has 0 unspecified atom stereocenters. The first-order chi connectivity index (χ1) is 10.7. The first-order valence-corrected chi connectivity index (χ1v) is 7.53. The highest BCUT2D eigenvalue weighted by atomic mass is 16.6. The fourth-order valence-corrected chi connectivity index (χ4v) is 2.19. The predicted octanol–water partition coefficient (Wildman–Crippen LogP) is 3.02. The van der Waals surface area contributed by atoms with E-state index >= 15 is 0 Å². The van der Waals surface area contributed by atoms with Crippen LogP contribution in [-0.4, -0.2) is 36.7 Å². The zero-order chi connectivity index (χ0) is 15.8. The Morgan fingerprint density at radius 2 is 2.05 bits per heavy atom. The number of esters is 1. The van der Waals surface area contributed by atoms with Crippen LogP contribution < -0.4 is 4.74 Å². The Labute approximate surface area is 130 Å². The fraction of sp³-hybridized carbons (Fsp3) is 0.412. The largest absolute Gasteiger partial charge is 0.465 e. The van der Waals surface area contributed by atoms with Crippen LogP contribution in [0.25, 0.3) is 0 Å². The zero-order valence-electron chi connectivity index (χ0n) is 12.7. The molecule has 0 aliphatic carbocycles. The second-order valence-corrected chi connectivity index (χ2v) is 5.21. The average Bonchev–Trinajstić information content (AvgIpc) is 2.54. The number of amides is 1. The van der Waals surface area contributed by atoms with Crippen molar-refractivity contribution in [3.05, 3.63) is 42.5 Å². The van der Waals surface area contributed by atoms with E-state index in [4.69, 9.17) is 9.47 Å². The summed E-state index contributed by atoms with van der Waals surface area (Å²) in [7, 11) is 0. The third-order valence-electron chi connectivity index (χ3n) is 3.31. The molecule has 1 atom stereocenters. The molecule has 22 heavy (non-hydrogen) atoms. The number of ether oxygens (including phenoxy) is 2. The quantitative estimate of drug-likeness (QED) is 0.620. The van der Waals surface area contributed by atoms with E-state index in [1.54, 1.807) is 17.0 Å². The van der Waals surface area contributed by atoms with Gasteiger partial charge in [0.1, 0.15) is 5.75 Å². The summed E-state index contributed by atoms with van der Waals surface area (Å²) in [5, 5.41) is 0. The van der Waals surface area contributed by atoms with Gasteiger partial charge in [-0.3, -0.25) is 4.79 Å². The van der Waals surface area contributed by atoms with Crippen LogP contribution in [0.2, 0.25) is 0 Å². The molecule has 0 spiro atoms. The molecule has 0 aromatic heterocycles. The SMILES string of the molecule is CCCC(=O)OC[C@H]1C=CCN(C(=O)Oc2ccccc2)C1. The molecule has 1 heterocycles. The molecule has 0 bridgehead atoms. The molecule has 1 amide bonds. The maximum Gasteiger partial charge on any atom is 0.415 e. The number of hydrogen-bond donors (Lipinski definition) is 0. The Balaban J connectivity index is 1.82. The minimum absolute atomic E-state index is 0.0119. The molecule has 118 valence electrons. The molecular formula is C17H21NO4. The lowest BCUT2D eigenvalue weighted by Crippen LogP contribution is -2.40. The summed E-state index contributed by atoms with van der Waals surface area (Å²) in [4.78, 5) is 25.1. The molecule has 0 saturated carbocycles. The Morgan fingerprint density at radius 1 is 1.27 bits per heavy atom. The first kappa shape index (κ1) is 16.1. The van der Waals surface area contributed by atoms with Gasteiger partial charge in [0.05, 0.1) is 6.61 Å². The van der Waals surface area contributed by atoms with Crippen LogP contribution >= 0.6 is 0 Å². The standard InChI is InChI=1S/C17H21NO4/c1-2-7-16(19)21-13-14-8-6-11-18(12-14)17(20)22-15-9-4-3-5-10-15/h3-6,8-10,14H,2,7,11-13H2,1H3/t14-/m0/s1. The van der Waals surface area contributed by atoms with Crippen LogP contribution in [0.3, 0.4) is 0 Å². The number of benzene rings is 1. The first-order valence-electron chi connectivity index (χ1n) is 7.53. The third-order valence-corrected chi connectivity index (χ3v) is 3.31. The van der Waals surface area contributed by atoms with E-state index in [1.807, 2.05) is 37.3 Å². The van der Waals surface area contributed by atoms with Gasteiger partial charge in [0, 0.05) is 25.4 Å². The molecule has 0 radical (unpaired) electrons. The summed E-state index contributed by atoms with van der Waals surface area (Å²) in [6.45, 7) is 3.22. The van der Waals surface area contributed by atoms with Gasteiger partial charge in [-0.2, -0.15) is 0 Å². The van der Waals surface area contributed by atoms with Crippen molar-refractivity contribution in [2.45, 2.75) is 19.8 Å². The van der Waals surface area contributed by atoms with Crippen LogP contribution in [0, 0.1) is 5.92 Å². The average molecular weight is 303 g/mol. The predicted molar refractivity (Wildman–Crippen MR) is 82.5 cm³/mol. The summed E-state index contributed by atoms with van der Waals surface area (Å²) in [5.41, 5.74) is 0. The van der Waals surface area contributed by atoms with Gasteiger partial charge >= 0.3 is 12.1 Å². The van der Waals surface area contributed by atoms with Gasteiger partial charge in [-0.05, 0) is 18.6 Å². The Hall–Kier alpha value is -2.30. The molecule has 5 nitrogen and oxygen atoms in total. The highest BCUT2D eigenvalue weighted by molar-refractivity contribution is 5.71. The molecule has 1 aliphatic rings. The Kier molecular flexibility index (Phi) is 6.01. The van der Waals surface area contributed by atoms with Crippen molar-refractivity contribution in [2.24, 2.45) is 5.92 Å².